The molecule has 0 fully saturated rings. The van der Waals surface area contributed by atoms with Crippen molar-refractivity contribution in [1.82, 2.24) is 25.4 Å². The van der Waals surface area contributed by atoms with Gasteiger partial charge in [-0.15, -0.1) is 0 Å². The number of pyridine rings is 1. The minimum absolute atomic E-state index is 0.145. The number of aromatic nitrogens is 3. The van der Waals surface area contributed by atoms with Crippen molar-refractivity contribution in [3.63, 3.8) is 0 Å². The molecule has 0 aliphatic rings. The summed E-state index contributed by atoms with van der Waals surface area (Å²) >= 11 is 0. The van der Waals surface area contributed by atoms with E-state index in [4.69, 9.17) is 4.74 Å². The third-order valence-electron chi connectivity index (χ3n) is 3.65. The molecule has 25 heavy (non-hydrogen) atoms. The maximum absolute atomic E-state index is 11.9. The number of amides is 2. The molecule has 2 amide bonds. The van der Waals surface area contributed by atoms with Gasteiger partial charge in [-0.05, 0) is 32.9 Å². The second-order valence-electron chi connectivity index (χ2n) is 5.46. The summed E-state index contributed by atoms with van der Waals surface area (Å²) in [6.45, 7) is 6.10. The van der Waals surface area contributed by atoms with E-state index in [0.717, 1.165) is 17.1 Å². The highest BCUT2D eigenvalue weighted by atomic mass is 16.5. The Bertz CT molecular complexity index is 714. The van der Waals surface area contributed by atoms with Crippen molar-refractivity contribution in [2.75, 3.05) is 13.2 Å². The SMILES string of the molecule is CCOC(=O)CCNC(=O)NC(C)c1cnn(-c2ccccn2)c1C. The van der Waals surface area contributed by atoms with Gasteiger partial charge in [0.15, 0.2) is 5.82 Å². The Kier molecular flexibility index (Phi) is 6.50. The molecule has 2 N–H and O–H groups in total. The number of carbonyl (C=O) groups excluding carboxylic acids is 2. The van der Waals surface area contributed by atoms with Crippen molar-refractivity contribution in [2.24, 2.45) is 0 Å². The number of rotatable bonds is 7. The molecule has 2 rings (SSSR count). The van der Waals surface area contributed by atoms with Gasteiger partial charge in [0.25, 0.3) is 0 Å². The zero-order valence-corrected chi connectivity index (χ0v) is 14.7. The fraction of sp³-hybridized carbons (Fsp3) is 0.412. The van der Waals surface area contributed by atoms with Gasteiger partial charge in [-0.3, -0.25) is 4.79 Å². The topological polar surface area (TPSA) is 98.1 Å². The smallest absolute Gasteiger partial charge is 0.315 e. The summed E-state index contributed by atoms with van der Waals surface area (Å²) in [6.07, 6.45) is 3.56. The summed E-state index contributed by atoms with van der Waals surface area (Å²) in [5, 5.41) is 9.81. The Morgan fingerprint density at radius 1 is 1.36 bits per heavy atom. The molecule has 2 aromatic heterocycles. The lowest BCUT2D eigenvalue weighted by Gasteiger charge is -2.14. The second kappa shape index (κ2) is 8.81. The molecule has 1 atom stereocenters. The van der Waals surface area contributed by atoms with Crippen LogP contribution in [0.1, 0.15) is 37.6 Å². The molecular formula is C17H23N5O3. The van der Waals surface area contributed by atoms with Gasteiger partial charge in [-0.1, -0.05) is 6.07 Å². The highest BCUT2D eigenvalue weighted by Gasteiger charge is 2.16. The van der Waals surface area contributed by atoms with Gasteiger partial charge in [0.1, 0.15) is 0 Å². The predicted octanol–water partition coefficient (Wildman–Crippen LogP) is 1.89. The third-order valence-corrected chi connectivity index (χ3v) is 3.65. The molecule has 2 aromatic rings. The van der Waals surface area contributed by atoms with E-state index in [9.17, 15) is 9.59 Å². The van der Waals surface area contributed by atoms with Crippen molar-refractivity contribution in [3.8, 4) is 5.82 Å². The lowest BCUT2D eigenvalue weighted by molar-refractivity contribution is -0.142. The number of nitrogens with zero attached hydrogens (tertiary/aromatic N) is 3. The van der Waals surface area contributed by atoms with Gasteiger partial charge >= 0.3 is 12.0 Å². The number of nitrogens with one attached hydrogen (secondary N) is 2. The van der Waals surface area contributed by atoms with Gasteiger partial charge in [0.05, 0.1) is 25.3 Å². The Hall–Kier alpha value is -2.90. The Balaban J connectivity index is 1.91. The molecule has 0 aromatic carbocycles. The first-order valence-electron chi connectivity index (χ1n) is 8.18. The molecule has 8 heteroatoms. The molecular weight excluding hydrogens is 322 g/mol. The summed E-state index contributed by atoms with van der Waals surface area (Å²) < 4.78 is 6.54. The first-order valence-corrected chi connectivity index (χ1v) is 8.18. The summed E-state index contributed by atoms with van der Waals surface area (Å²) in [7, 11) is 0. The molecule has 2 heterocycles. The van der Waals surface area contributed by atoms with Crippen LogP contribution in [0.5, 0.6) is 0 Å². The molecule has 0 aliphatic heterocycles. The summed E-state index contributed by atoms with van der Waals surface area (Å²) in [6, 6.07) is 5.02. The lowest BCUT2D eigenvalue weighted by Crippen LogP contribution is -2.38. The van der Waals surface area contributed by atoms with Crippen molar-refractivity contribution in [1.29, 1.82) is 0 Å². The van der Waals surface area contributed by atoms with E-state index in [0.29, 0.717) is 6.61 Å². The fourth-order valence-corrected chi connectivity index (χ4v) is 2.39. The quantitative estimate of drug-likeness (QED) is 0.747. The van der Waals surface area contributed by atoms with Gasteiger partial charge in [-0.2, -0.15) is 5.10 Å². The third kappa shape index (κ3) is 5.03. The average Bonchev–Trinajstić information content (AvgIpc) is 2.97. The fourth-order valence-electron chi connectivity index (χ4n) is 2.39. The van der Waals surface area contributed by atoms with E-state index in [-0.39, 0.29) is 31.0 Å². The van der Waals surface area contributed by atoms with Crippen LogP contribution in [0.2, 0.25) is 0 Å². The highest BCUT2D eigenvalue weighted by molar-refractivity contribution is 5.75. The van der Waals surface area contributed by atoms with Crippen LogP contribution in [0.4, 0.5) is 4.79 Å². The van der Waals surface area contributed by atoms with Crippen LogP contribution < -0.4 is 10.6 Å². The molecule has 1 unspecified atom stereocenters. The molecule has 0 saturated heterocycles. The van der Waals surface area contributed by atoms with E-state index in [1.54, 1.807) is 24.0 Å². The Morgan fingerprint density at radius 2 is 2.16 bits per heavy atom. The summed E-state index contributed by atoms with van der Waals surface area (Å²) in [5.74, 6) is 0.390. The lowest BCUT2D eigenvalue weighted by atomic mass is 10.1. The van der Waals surface area contributed by atoms with Crippen LogP contribution in [-0.2, 0) is 9.53 Å². The number of carbonyl (C=O) groups is 2. The molecule has 0 saturated carbocycles. The van der Waals surface area contributed by atoms with Gasteiger partial charge in [0, 0.05) is 24.0 Å². The van der Waals surface area contributed by atoms with E-state index >= 15 is 0 Å². The second-order valence-corrected chi connectivity index (χ2v) is 5.46. The van der Waals surface area contributed by atoms with Crippen LogP contribution in [0, 0.1) is 6.92 Å². The van der Waals surface area contributed by atoms with E-state index < -0.39 is 0 Å². The normalized spacial score (nSPS) is 11.6. The van der Waals surface area contributed by atoms with Crippen molar-refractivity contribution in [2.45, 2.75) is 33.2 Å². The molecule has 0 spiro atoms. The van der Waals surface area contributed by atoms with E-state index in [1.165, 1.54) is 0 Å². The number of hydrogen-bond donors (Lipinski definition) is 2. The Morgan fingerprint density at radius 3 is 2.84 bits per heavy atom. The molecule has 8 nitrogen and oxygen atoms in total. The van der Waals surface area contributed by atoms with Gasteiger partial charge < -0.3 is 15.4 Å². The minimum atomic E-state index is -0.346. The maximum Gasteiger partial charge on any atom is 0.315 e. The van der Waals surface area contributed by atoms with Crippen LogP contribution in [0.3, 0.4) is 0 Å². The molecule has 0 aliphatic carbocycles. The van der Waals surface area contributed by atoms with Crippen molar-refractivity contribution in [3.05, 3.63) is 41.9 Å². The maximum atomic E-state index is 11.9. The van der Waals surface area contributed by atoms with Gasteiger partial charge in [0.2, 0.25) is 0 Å². The largest absolute Gasteiger partial charge is 0.466 e. The van der Waals surface area contributed by atoms with Crippen LogP contribution in [0.15, 0.2) is 30.6 Å². The van der Waals surface area contributed by atoms with Crippen LogP contribution in [0.25, 0.3) is 5.82 Å². The summed E-state index contributed by atoms with van der Waals surface area (Å²) in [5.41, 5.74) is 1.80. The van der Waals surface area contributed by atoms with Crippen molar-refractivity contribution >= 4 is 12.0 Å². The standard InChI is InChI=1S/C17H23N5O3/c1-4-25-16(23)8-10-19-17(24)21-12(2)14-11-20-22(13(14)3)15-7-5-6-9-18-15/h5-7,9,11-12H,4,8,10H2,1-3H3,(H2,19,21,24). The monoisotopic (exact) mass is 345 g/mol. The average molecular weight is 345 g/mol. The number of esters is 1. The van der Waals surface area contributed by atoms with E-state index in [1.807, 2.05) is 32.0 Å². The predicted molar refractivity (Wildman–Crippen MR) is 92.3 cm³/mol. The van der Waals surface area contributed by atoms with Crippen molar-refractivity contribution < 1.29 is 14.3 Å². The first-order chi connectivity index (χ1) is 12.0. The molecule has 0 bridgehead atoms. The zero-order valence-electron chi connectivity index (χ0n) is 14.7. The van der Waals surface area contributed by atoms with E-state index in [2.05, 4.69) is 20.7 Å². The number of urea groups is 1. The highest BCUT2D eigenvalue weighted by Crippen LogP contribution is 2.18. The first kappa shape index (κ1) is 18.4. The minimum Gasteiger partial charge on any atom is -0.466 e. The Labute approximate surface area is 146 Å². The van der Waals surface area contributed by atoms with Gasteiger partial charge in [-0.25, -0.2) is 14.5 Å². The van der Waals surface area contributed by atoms with Crippen LogP contribution >= 0.6 is 0 Å². The summed E-state index contributed by atoms with van der Waals surface area (Å²) in [4.78, 5) is 27.5. The molecule has 134 valence electrons. The van der Waals surface area contributed by atoms with Crippen LogP contribution in [-0.4, -0.2) is 39.9 Å². The number of hydrogen-bond acceptors (Lipinski definition) is 5. The zero-order chi connectivity index (χ0) is 18.2. The molecule has 0 radical (unpaired) electrons. The number of ether oxygens (including phenoxy) is 1.